The highest BCUT2D eigenvalue weighted by atomic mass is 32.2. The number of aromatic nitrogens is 3. The molecular weight excluding hydrogens is 524 g/mol. The van der Waals surface area contributed by atoms with E-state index in [1.165, 1.54) is 11.8 Å². The van der Waals surface area contributed by atoms with Crippen LogP contribution in [0.5, 0.6) is 5.75 Å². The first-order valence-electron chi connectivity index (χ1n) is 10.9. The molecule has 1 aromatic carbocycles. The summed E-state index contributed by atoms with van der Waals surface area (Å²) in [5.74, 6) is -0.215. The van der Waals surface area contributed by atoms with Gasteiger partial charge in [-0.2, -0.15) is 0 Å². The molecule has 0 radical (unpaired) electrons. The minimum Gasteiger partial charge on any atom is -0.491 e. The second kappa shape index (κ2) is 12.3. The largest absolute Gasteiger partial charge is 0.491 e. The lowest BCUT2D eigenvalue weighted by molar-refractivity contribution is -0.123. The number of benzene rings is 1. The van der Waals surface area contributed by atoms with Crippen LogP contribution in [0.2, 0.25) is 0 Å². The van der Waals surface area contributed by atoms with Crippen molar-refractivity contribution in [1.82, 2.24) is 19.7 Å². The van der Waals surface area contributed by atoms with E-state index in [0.717, 1.165) is 23.2 Å². The summed E-state index contributed by atoms with van der Waals surface area (Å²) in [4.78, 5) is 36.5. The molecular formula is C22H28N6O5S3. The third-order valence-electron chi connectivity index (χ3n) is 4.38. The van der Waals surface area contributed by atoms with Gasteiger partial charge < -0.3 is 20.4 Å². The number of thiazole rings is 1. The summed E-state index contributed by atoms with van der Waals surface area (Å²) in [6.45, 7) is 6.41. The molecule has 2 amide bonds. The summed E-state index contributed by atoms with van der Waals surface area (Å²) in [5.41, 5.74) is 1.90. The Morgan fingerprint density at radius 3 is 2.64 bits per heavy atom. The van der Waals surface area contributed by atoms with Gasteiger partial charge in [-0.05, 0) is 42.3 Å². The molecule has 0 bridgehead atoms. The number of anilines is 2. The topological polar surface area (TPSA) is 155 Å². The molecule has 11 nitrogen and oxygen atoms in total. The number of carbonyl (C=O) groups excluding carboxylic acids is 2. The standard InChI is InChI=1S/C22H28N6O5S3/c1-13(2)12-33-17-9-14(3)5-6-15(17)26-18(29)10-19(30)28-22-27-16(11-25-36(4,31)32)20(35-22)34-21-23-7-8-24-21/h5-9,13,25H,10-12H2,1-4H3,(H,23,24)(H,26,29)(H,27,28,30). The molecule has 0 atom stereocenters. The highest BCUT2D eigenvalue weighted by molar-refractivity contribution is 8.01. The lowest BCUT2D eigenvalue weighted by atomic mass is 10.2. The number of hydrogen-bond donors (Lipinski definition) is 4. The first kappa shape index (κ1) is 27.6. The van der Waals surface area contributed by atoms with Crippen LogP contribution in [0.1, 0.15) is 31.5 Å². The van der Waals surface area contributed by atoms with Crippen LogP contribution in [0.4, 0.5) is 10.8 Å². The van der Waals surface area contributed by atoms with E-state index in [4.69, 9.17) is 4.74 Å². The maximum Gasteiger partial charge on any atom is 0.235 e. The molecule has 2 aromatic heterocycles. The number of ether oxygens (including phenoxy) is 1. The van der Waals surface area contributed by atoms with Gasteiger partial charge in [0.05, 0.1) is 35.0 Å². The van der Waals surface area contributed by atoms with Crippen LogP contribution in [0.3, 0.4) is 0 Å². The quantitative estimate of drug-likeness (QED) is 0.249. The number of imidazole rings is 1. The number of hydrogen-bond acceptors (Lipinski definition) is 9. The van der Waals surface area contributed by atoms with Crippen LogP contribution in [0.15, 0.2) is 40.0 Å². The maximum absolute atomic E-state index is 12.5. The summed E-state index contributed by atoms with van der Waals surface area (Å²) >= 11 is 2.41. The van der Waals surface area contributed by atoms with Gasteiger partial charge >= 0.3 is 0 Å². The van der Waals surface area contributed by atoms with Crippen LogP contribution in [-0.2, 0) is 26.2 Å². The van der Waals surface area contributed by atoms with Crippen LogP contribution < -0.4 is 20.1 Å². The van der Waals surface area contributed by atoms with Gasteiger partial charge in [-0.25, -0.2) is 23.1 Å². The Kier molecular flexibility index (Phi) is 9.48. The number of aryl methyl sites for hydroxylation is 1. The minimum absolute atomic E-state index is 0.0543. The normalized spacial score (nSPS) is 11.5. The first-order chi connectivity index (χ1) is 17.0. The van der Waals surface area contributed by atoms with Gasteiger partial charge in [-0.3, -0.25) is 9.59 Å². The fourth-order valence-electron chi connectivity index (χ4n) is 2.79. The van der Waals surface area contributed by atoms with Crippen LogP contribution in [0.25, 0.3) is 0 Å². The van der Waals surface area contributed by atoms with Crippen molar-refractivity contribution >= 4 is 55.8 Å². The number of sulfonamides is 1. The maximum atomic E-state index is 12.5. The predicted octanol–water partition coefficient (Wildman–Crippen LogP) is 3.38. The zero-order valence-electron chi connectivity index (χ0n) is 20.2. The number of amides is 2. The van der Waals surface area contributed by atoms with E-state index in [1.807, 2.05) is 32.9 Å². The van der Waals surface area contributed by atoms with Crippen LogP contribution in [-0.4, -0.2) is 48.0 Å². The fourth-order valence-corrected chi connectivity index (χ4v) is 5.21. The summed E-state index contributed by atoms with van der Waals surface area (Å²) in [6.07, 6.45) is 3.86. The van der Waals surface area contributed by atoms with E-state index < -0.39 is 28.3 Å². The molecule has 194 valence electrons. The Balaban J connectivity index is 1.65. The van der Waals surface area contributed by atoms with Crippen molar-refractivity contribution in [2.75, 3.05) is 23.5 Å². The molecule has 3 rings (SSSR count). The smallest absolute Gasteiger partial charge is 0.235 e. The van der Waals surface area contributed by atoms with Gasteiger partial charge in [0, 0.05) is 12.4 Å². The summed E-state index contributed by atoms with van der Waals surface area (Å²) < 4.78 is 31.9. The second-order valence-electron chi connectivity index (χ2n) is 8.32. The second-order valence-corrected chi connectivity index (χ2v) is 12.4. The van der Waals surface area contributed by atoms with Crippen molar-refractivity contribution in [3.63, 3.8) is 0 Å². The molecule has 0 aliphatic rings. The number of carbonyl (C=O) groups is 2. The van der Waals surface area contributed by atoms with E-state index in [9.17, 15) is 18.0 Å². The number of rotatable bonds is 12. The molecule has 36 heavy (non-hydrogen) atoms. The van der Waals surface area contributed by atoms with E-state index >= 15 is 0 Å². The lowest BCUT2D eigenvalue weighted by Gasteiger charge is -2.14. The zero-order chi connectivity index (χ0) is 26.3. The van der Waals surface area contributed by atoms with Gasteiger partial charge in [-0.15, -0.1) is 0 Å². The third kappa shape index (κ3) is 8.93. The third-order valence-corrected chi connectivity index (χ3v) is 7.19. The van der Waals surface area contributed by atoms with Crippen LogP contribution >= 0.6 is 23.1 Å². The Hall–Kier alpha value is -2.94. The van der Waals surface area contributed by atoms with E-state index in [-0.39, 0.29) is 11.7 Å². The minimum atomic E-state index is -3.44. The van der Waals surface area contributed by atoms with Crippen molar-refractivity contribution in [2.45, 2.75) is 43.1 Å². The van der Waals surface area contributed by atoms with Gasteiger partial charge in [0.25, 0.3) is 0 Å². The van der Waals surface area contributed by atoms with E-state index in [1.54, 1.807) is 18.5 Å². The Bertz CT molecular complexity index is 1310. The average molecular weight is 553 g/mol. The number of nitrogens with zero attached hydrogens (tertiary/aromatic N) is 2. The molecule has 2 heterocycles. The summed E-state index contributed by atoms with van der Waals surface area (Å²) in [5, 5.41) is 6.17. The zero-order valence-corrected chi connectivity index (χ0v) is 22.7. The van der Waals surface area contributed by atoms with Crippen molar-refractivity contribution in [1.29, 1.82) is 0 Å². The molecule has 14 heteroatoms. The van der Waals surface area contributed by atoms with Crippen molar-refractivity contribution in [3.8, 4) is 5.75 Å². The van der Waals surface area contributed by atoms with Gasteiger partial charge in [-0.1, -0.05) is 31.3 Å². The molecule has 0 unspecified atom stereocenters. The monoisotopic (exact) mass is 552 g/mol. The molecule has 0 saturated heterocycles. The average Bonchev–Trinajstić information content (AvgIpc) is 3.41. The van der Waals surface area contributed by atoms with Crippen LogP contribution in [0, 0.1) is 12.8 Å². The fraction of sp³-hybridized carbons (Fsp3) is 0.364. The van der Waals surface area contributed by atoms with Gasteiger partial charge in [0.15, 0.2) is 10.3 Å². The Morgan fingerprint density at radius 2 is 1.97 bits per heavy atom. The summed E-state index contributed by atoms with van der Waals surface area (Å²) in [6, 6.07) is 5.41. The van der Waals surface area contributed by atoms with E-state index in [0.29, 0.717) is 39.0 Å². The molecule has 0 aliphatic heterocycles. The Labute approximate surface area is 217 Å². The van der Waals surface area contributed by atoms with E-state index in [2.05, 4.69) is 30.3 Å². The number of aromatic amines is 1. The highest BCUT2D eigenvalue weighted by Crippen LogP contribution is 2.36. The van der Waals surface area contributed by atoms with Gasteiger partial charge in [0.1, 0.15) is 12.2 Å². The summed E-state index contributed by atoms with van der Waals surface area (Å²) in [7, 11) is -3.44. The molecule has 3 aromatic rings. The lowest BCUT2D eigenvalue weighted by Crippen LogP contribution is -2.22. The molecule has 4 N–H and O–H groups in total. The van der Waals surface area contributed by atoms with Crippen molar-refractivity contribution in [2.24, 2.45) is 5.92 Å². The Morgan fingerprint density at radius 1 is 1.22 bits per heavy atom. The first-order valence-corrected chi connectivity index (χ1v) is 14.5. The SMILES string of the molecule is Cc1ccc(NC(=O)CC(=O)Nc2nc(CNS(C)(=O)=O)c(Sc3ncc[nH]3)s2)c(OCC(C)C)c1. The van der Waals surface area contributed by atoms with Crippen molar-refractivity contribution in [3.05, 3.63) is 41.9 Å². The molecule has 0 fully saturated rings. The number of H-pyrrole nitrogens is 1. The highest BCUT2D eigenvalue weighted by Gasteiger charge is 2.19. The number of nitrogens with one attached hydrogen (secondary N) is 4. The predicted molar refractivity (Wildman–Crippen MR) is 140 cm³/mol. The molecule has 0 aliphatic carbocycles. The molecule has 0 spiro atoms. The van der Waals surface area contributed by atoms with Gasteiger partial charge in [0.2, 0.25) is 21.8 Å². The van der Waals surface area contributed by atoms with Crippen molar-refractivity contribution < 1.29 is 22.7 Å². The molecule has 0 saturated carbocycles.